The van der Waals surface area contributed by atoms with Gasteiger partial charge in [-0.2, -0.15) is 0 Å². The van der Waals surface area contributed by atoms with E-state index in [4.69, 9.17) is 0 Å². The first kappa shape index (κ1) is 18.2. The molecule has 2 N–H and O–H groups in total. The fourth-order valence-electron chi connectivity index (χ4n) is 3.87. The number of amides is 2. The molecule has 2 saturated heterocycles. The summed E-state index contributed by atoms with van der Waals surface area (Å²) in [5.74, 6) is 0.530. The Kier molecular flexibility index (Phi) is 5.97. The molecule has 0 saturated carbocycles. The summed E-state index contributed by atoms with van der Waals surface area (Å²) < 4.78 is 0. The molecule has 5 heteroatoms. The normalized spacial score (nSPS) is 27.9. The Morgan fingerprint density at radius 2 is 2.04 bits per heavy atom. The topological polar surface area (TPSA) is 55.8 Å². The van der Waals surface area contributed by atoms with Gasteiger partial charge in [0, 0.05) is 32.7 Å². The van der Waals surface area contributed by atoms with E-state index < -0.39 is 5.60 Å². The molecule has 1 aromatic carbocycles. The second-order valence-corrected chi connectivity index (χ2v) is 7.90. The third-order valence-electron chi connectivity index (χ3n) is 5.51. The van der Waals surface area contributed by atoms with E-state index in [1.807, 2.05) is 17.9 Å². The molecule has 2 heterocycles. The molecule has 138 valence electrons. The largest absolute Gasteiger partial charge is 0.390 e. The van der Waals surface area contributed by atoms with Gasteiger partial charge in [0.25, 0.3) is 0 Å². The van der Waals surface area contributed by atoms with Crippen LogP contribution in [0.4, 0.5) is 4.79 Å². The third kappa shape index (κ3) is 5.44. The molecule has 2 unspecified atom stereocenters. The van der Waals surface area contributed by atoms with E-state index in [9.17, 15) is 9.90 Å². The summed E-state index contributed by atoms with van der Waals surface area (Å²) >= 11 is 0. The highest BCUT2D eigenvalue weighted by molar-refractivity contribution is 5.74. The predicted molar refractivity (Wildman–Crippen MR) is 99.3 cm³/mol. The summed E-state index contributed by atoms with van der Waals surface area (Å²) in [7, 11) is 0. The fraction of sp³-hybridized carbons (Fsp3) is 0.650. The van der Waals surface area contributed by atoms with E-state index in [-0.39, 0.29) is 6.03 Å². The van der Waals surface area contributed by atoms with Gasteiger partial charge in [0.2, 0.25) is 0 Å². The maximum Gasteiger partial charge on any atom is 0.317 e. The molecule has 2 aliphatic rings. The fourth-order valence-corrected chi connectivity index (χ4v) is 3.87. The van der Waals surface area contributed by atoms with Crippen LogP contribution in [0.3, 0.4) is 0 Å². The van der Waals surface area contributed by atoms with Crippen molar-refractivity contribution in [2.75, 3.05) is 32.7 Å². The lowest BCUT2D eigenvalue weighted by Gasteiger charge is -2.23. The first-order valence-electron chi connectivity index (χ1n) is 9.53. The molecule has 3 rings (SSSR count). The van der Waals surface area contributed by atoms with Gasteiger partial charge in [-0.15, -0.1) is 0 Å². The van der Waals surface area contributed by atoms with Gasteiger partial charge in [-0.1, -0.05) is 30.3 Å². The van der Waals surface area contributed by atoms with E-state index in [1.165, 1.54) is 5.56 Å². The molecule has 2 aliphatic heterocycles. The second kappa shape index (κ2) is 8.19. The first-order chi connectivity index (χ1) is 12.0. The number of aliphatic hydroxyl groups is 1. The maximum absolute atomic E-state index is 12.4. The number of carbonyl (C=O) groups is 1. The lowest BCUT2D eigenvalue weighted by atomic mass is 9.98. The number of likely N-dealkylation sites (tertiary alicyclic amines) is 2. The highest BCUT2D eigenvalue weighted by atomic mass is 16.3. The van der Waals surface area contributed by atoms with Crippen molar-refractivity contribution >= 4 is 6.03 Å². The summed E-state index contributed by atoms with van der Waals surface area (Å²) in [5.41, 5.74) is 0.724. The van der Waals surface area contributed by atoms with Crippen molar-refractivity contribution in [3.63, 3.8) is 0 Å². The van der Waals surface area contributed by atoms with Gasteiger partial charge in [0.05, 0.1) is 5.60 Å². The van der Waals surface area contributed by atoms with Gasteiger partial charge in [0.15, 0.2) is 0 Å². The van der Waals surface area contributed by atoms with Crippen LogP contribution in [0.15, 0.2) is 30.3 Å². The first-order valence-corrected chi connectivity index (χ1v) is 9.53. The highest BCUT2D eigenvalue weighted by Gasteiger charge is 2.28. The van der Waals surface area contributed by atoms with Crippen LogP contribution in [0.1, 0.15) is 38.2 Å². The maximum atomic E-state index is 12.4. The van der Waals surface area contributed by atoms with E-state index in [2.05, 4.69) is 34.5 Å². The Bertz CT molecular complexity index is 561. The van der Waals surface area contributed by atoms with Crippen molar-refractivity contribution < 1.29 is 9.90 Å². The lowest BCUT2D eigenvalue weighted by molar-refractivity contribution is 0.0456. The van der Waals surface area contributed by atoms with Crippen molar-refractivity contribution in [3.05, 3.63) is 35.9 Å². The average Bonchev–Trinajstić information content (AvgIpc) is 2.95. The molecule has 2 atom stereocenters. The zero-order valence-corrected chi connectivity index (χ0v) is 15.3. The standard InChI is InChI=1S/C20H31N3O2/c1-20(25)9-5-11-23(13-10-20)19(24)21-14-18-8-12-22(16-18)15-17-6-3-2-4-7-17/h2-4,6-7,18,25H,5,8-16H2,1H3,(H,21,24). The van der Waals surface area contributed by atoms with Crippen molar-refractivity contribution in [2.24, 2.45) is 5.92 Å². The smallest absolute Gasteiger partial charge is 0.317 e. The number of rotatable bonds is 4. The van der Waals surface area contributed by atoms with Crippen LogP contribution in [0, 0.1) is 5.92 Å². The Morgan fingerprint density at radius 3 is 2.84 bits per heavy atom. The Hall–Kier alpha value is -1.59. The minimum absolute atomic E-state index is 0.0270. The number of carbonyl (C=O) groups excluding carboxylic acids is 1. The molecule has 2 fully saturated rings. The van der Waals surface area contributed by atoms with Crippen LogP contribution in [-0.2, 0) is 6.54 Å². The lowest BCUT2D eigenvalue weighted by Crippen LogP contribution is -2.43. The van der Waals surface area contributed by atoms with Gasteiger partial charge in [0.1, 0.15) is 0 Å². The Morgan fingerprint density at radius 1 is 1.24 bits per heavy atom. The molecule has 0 aromatic heterocycles. The second-order valence-electron chi connectivity index (χ2n) is 7.90. The zero-order chi connectivity index (χ0) is 17.7. The quantitative estimate of drug-likeness (QED) is 0.881. The molecule has 5 nitrogen and oxygen atoms in total. The van der Waals surface area contributed by atoms with Crippen LogP contribution in [0.2, 0.25) is 0 Å². The van der Waals surface area contributed by atoms with Gasteiger partial charge in [-0.3, -0.25) is 4.90 Å². The molecule has 0 bridgehead atoms. The van der Waals surface area contributed by atoms with Crippen molar-refractivity contribution in [3.8, 4) is 0 Å². The molecule has 0 aliphatic carbocycles. The van der Waals surface area contributed by atoms with Gasteiger partial charge < -0.3 is 15.3 Å². The highest BCUT2D eigenvalue weighted by Crippen LogP contribution is 2.22. The minimum atomic E-state index is -0.627. The SMILES string of the molecule is CC1(O)CCCN(C(=O)NCC2CCN(Cc3ccccc3)C2)CC1. The van der Waals surface area contributed by atoms with Crippen LogP contribution >= 0.6 is 0 Å². The Balaban J connectivity index is 1.39. The number of nitrogens with one attached hydrogen (secondary N) is 1. The van der Waals surface area contributed by atoms with Crippen LogP contribution < -0.4 is 5.32 Å². The average molecular weight is 345 g/mol. The van der Waals surface area contributed by atoms with Crippen molar-refractivity contribution in [2.45, 2.75) is 44.8 Å². The monoisotopic (exact) mass is 345 g/mol. The third-order valence-corrected chi connectivity index (χ3v) is 5.51. The number of hydrogen-bond acceptors (Lipinski definition) is 3. The van der Waals surface area contributed by atoms with E-state index in [0.717, 1.165) is 52.0 Å². The number of urea groups is 1. The van der Waals surface area contributed by atoms with Gasteiger partial charge in [-0.05, 0) is 50.6 Å². The zero-order valence-electron chi connectivity index (χ0n) is 15.3. The van der Waals surface area contributed by atoms with Crippen LogP contribution in [0.5, 0.6) is 0 Å². The molecule has 0 spiro atoms. The van der Waals surface area contributed by atoms with E-state index in [1.54, 1.807) is 0 Å². The van der Waals surface area contributed by atoms with E-state index in [0.29, 0.717) is 18.9 Å². The summed E-state index contributed by atoms with van der Waals surface area (Å²) in [6.07, 6.45) is 3.44. The summed E-state index contributed by atoms with van der Waals surface area (Å²) in [6, 6.07) is 10.6. The molecule has 2 amide bonds. The molecule has 0 radical (unpaired) electrons. The number of benzene rings is 1. The summed E-state index contributed by atoms with van der Waals surface area (Å²) in [6.45, 7) is 7.14. The van der Waals surface area contributed by atoms with Crippen molar-refractivity contribution in [1.82, 2.24) is 15.1 Å². The summed E-state index contributed by atoms with van der Waals surface area (Å²) in [5, 5.41) is 13.3. The predicted octanol–water partition coefficient (Wildman–Crippen LogP) is 2.46. The minimum Gasteiger partial charge on any atom is -0.390 e. The van der Waals surface area contributed by atoms with Crippen molar-refractivity contribution in [1.29, 1.82) is 0 Å². The molecular weight excluding hydrogens is 314 g/mol. The number of hydrogen-bond donors (Lipinski definition) is 2. The van der Waals surface area contributed by atoms with Gasteiger partial charge >= 0.3 is 6.03 Å². The molecular formula is C20H31N3O2. The van der Waals surface area contributed by atoms with Crippen LogP contribution in [0.25, 0.3) is 0 Å². The number of nitrogens with zero attached hydrogens (tertiary/aromatic N) is 2. The van der Waals surface area contributed by atoms with Gasteiger partial charge in [-0.25, -0.2) is 4.79 Å². The summed E-state index contributed by atoms with van der Waals surface area (Å²) in [4.78, 5) is 16.7. The molecule has 1 aromatic rings. The molecule has 25 heavy (non-hydrogen) atoms. The Labute approximate surface area is 151 Å². The van der Waals surface area contributed by atoms with E-state index >= 15 is 0 Å². The van der Waals surface area contributed by atoms with Crippen LogP contribution in [-0.4, -0.2) is 59.3 Å².